The Morgan fingerprint density at radius 2 is 1.84 bits per heavy atom. The van der Waals surface area contributed by atoms with Crippen LogP contribution in [0.5, 0.6) is 0 Å². The molecule has 0 bridgehead atoms. The van der Waals surface area contributed by atoms with Gasteiger partial charge in [0.25, 0.3) is 0 Å². The highest BCUT2D eigenvalue weighted by Gasteiger charge is 2.51. The summed E-state index contributed by atoms with van der Waals surface area (Å²) in [5.41, 5.74) is 5.05. The molecule has 0 spiro atoms. The smallest absolute Gasteiger partial charge is 0.233 e. The Morgan fingerprint density at radius 3 is 2.36 bits per heavy atom. The molecule has 0 aliphatic carbocycles. The molecule has 2 unspecified atom stereocenters. The number of rotatable bonds is 12. The minimum absolute atomic E-state index is 0.0200. The molecular weight excluding hydrogens is 316 g/mol. The van der Waals surface area contributed by atoms with Crippen molar-refractivity contribution in [2.75, 3.05) is 6.54 Å². The fourth-order valence-corrected chi connectivity index (χ4v) is 4.62. The molecule has 1 rings (SSSR count). The minimum Gasteiger partial charge on any atom is -0.370 e. The second-order valence-corrected chi connectivity index (χ2v) is 7.55. The van der Waals surface area contributed by atoms with Gasteiger partial charge in [0.1, 0.15) is 0 Å². The summed E-state index contributed by atoms with van der Waals surface area (Å²) in [5, 5.41) is 0. The summed E-state index contributed by atoms with van der Waals surface area (Å²) in [7, 11) is 0. The molecule has 1 heterocycles. The van der Waals surface area contributed by atoms with E-state index in [9.17, 15) is 14.4 Å². The quantitative estimate of drug-likeness (QED) is 0.430. The zero-order valence-corrected chi connectivity index (χ0v) is 16.5. The SMILES string of the molecule is CCCC(C)C(CC)(CC)C1CC(=O)N(CCCCCC(N)=O)C1=O. The summed E-state index contributed by atoms with van der Waals surface area (Å²) in [6, 6.07) is 0. The van der Waals surface area contributed by atoms with E-state index in [1.807, 2.05) is 0 Å². The predicted octanol–water partition coefficient (Wildman–Crippen LogP) is 3.65. The topological polar surface area (TPSA) is 80.5 Å². The number of carbonyl (C=O) groups excluding carboxylic acids is 3. The molecule has 0 aromatic carbocycles. The lowest BCUT2D eigenvalue weighted by Crippen LogP contribution is -2.41. The maximum absolute atomic E-state index is 13.0. The fourth-order valence-electron chi connectivity index (χ4n) is 4.62. The maximum Gasteiger partial charge on any atom is 0.233 e. The number of carbonyl (C=O) groups is 3. The summed E-state index contributed by atoms with van der Waals surface area (Å²) in [6.07, 6.45) is 7.05. The second kappa shape index (κ2) is 9.93. The number of primary amides is 1. The maximum atomic E-state index is 13.0. The standard InChI is InChI=1S/C20H36N2O3/c1-5-11-15(4)20(6-2,7-3)16-14-18(24)22(19(16)25)13-10-8-9-12-17(21)23/h15-16H,5-14H2,1-4H3,(H2,21,23). The van der Waals surface area contributed by atoms with Gasteiger partial charge in [-0.1, -0.05) is 47.0 Å². The zero-order chi connectivity index (χ0) is 19.0. The van der Waals surface area contributed by atoms with E-state index in [0.717, 1.165) is 44.9 Å². The van der Waals surface area contributed by atoms with E-state index in [4.69, 9.17) is 5.73 Å². The molecule has 0 saturated carbocycles. The summed E-state index contributed by atoms with van der Waals surface area (Å²) >= 11 is 0. The van der Waals surface area contributed by atoms with Gasteiger partial charge >= 0.3 is 0 Å². The highest BCUT2D eigenvalue weighted by Crippen LogP contribution is 2.48. The third kappa shape index (κ3) is 5.05. The van der Waals surface area contributed by atoms with Gasteiger partial charge in [-0.2, -0.15) is 0 Å². The third-order valence-corrected chi connectivity index (χ3v) is 6.26. The van der Waals surface area contributed by atoms with Crippen LogP contribution >= 0.6 is 0 Å². The van der Waals surface area contributed by atoms with Crippen molar-refractivity contribution in [2.45, 2.75) is 85.5 Å². The minimum atomic E-state index is -0.297. The van der Waals surface area contributed by atoms with E-state index < -0.39 is 0 Å². The van der Waals surface area contributed by atoms with Crippen molar-refractivity contribution in [2.24, 2.45) is 23.0 Å². The van der Waals surface area contributed by atoms with E-state index in [2.05, 4.69) is 27.7 Å². The van der Waals surface area contributed by atoms with Crippen LogP contribution < -0.4 is 5.73 Å². The van der Waals surface area contributed by atoms with Crippen molar-refractivity contribution >= 4 is 17.7 Å². The van der Waals surface area contributed by atoms with E-state index >= 15 is 0 Å². The van der Waals surface area contributed by atoms with E-state index in [-0.39, 0.29) is 29.1 Å². The number of unbranched alkanes of at least 4 members (excludes halogenated alkanes) is 2. The molecule has 1 aliphatic rings. The van der Waals surface area contributed by atoms with Crippen molar-refractivity contribution in [3.8, 4) is 0 Å². The number of hydrogen-bond donors (Lipinski definition) is 1. The summed E-state index contributed by atoms with van der Waals surface area (Å²) in [4.78, 5) is 37.7. The van der Waals surface area contributed by atoms with Crippen molar-refractivity contribution in [3.63, 3.8) is 0 Å². The average Bonchev–Trinajstić information content (AvgIpc) is 2.85. The van der Waals surface area contributed by atoms with Gasteiger partial charge < -0.3 is 5.73 Å². The molecule has 1 saturated heterocycles. The lowest BCUT2D eigenvalue weighted by atomic mass is 9.62. The fraction of sp³-hybridized carbons (Fsp3) is 0.850. The molecule has 25 heavy (non-hydrogen) atoms. The van der Waals surface area contributed by atoms with Gasteiger partial charge in [0.15, 0.2) is 0 Å². The van der Waals surface area contributed by atoms with Gasteiger partial charge in [-0.3, -0.25) is 19.3 Å². The molecule has 0 aromatic heterocycles. The van der Waals surface area contributed by atoms with Crippen molar-refractivity contribution in [1.82, 2.24) is 4.90 Å². The molecule has 2 N–H and O–H groups in total. The van der Waals surface area contributed by atoms with Gasteiger partial charge in [0.05, 0.1) is 5.92 Å². The largest absolute Gasteiger partial charge is 0.370 e. The van der Waals surface area contributed by atoms with Crippen LogP contribution in [0.15, 0.2) is 0 Å². The van der Waals surface area contributed by atoms with Crippen LogP contribution in [0.2, 0.25) is 0 Å². The monoisotopic (exact) mass is 352 g/mol. The Morgan fingerprint density at radius 1 is 1.20 bits per heavy atom. The third-order valence-electron chi connectivity index (χ3n) is 6.26. The van der Waals surface area contributed by atoms with Crippen LogP contribution in [-0.4, -0.2) is 29.2 Å². The van der Waals surface area contributed by atoms with Crippen molar-refractivity contribution < 1.29 is 14.4 Å². The molecule has 1 aliphatic heterocycles. The van der Waals surface area contributed by atoms with Crippen LogP contribution in [0.25, 0.3) is 0 Å². The Hall–Kier alpha value is -1.39. The van der Waals surface area contributed by atoms with E-state index in [1.165, 1.54) is 4.90 Å². The Labute approximate surface area is 152 Å². The Balaban J connectivity index is 2.75. The van der Waals surface area contributed by atoms with Crippen molar-refractivity contribution in [3.05, 3.63) is 0 Å². The lowest BCUT2D eigenvalue weighted by molar-refractivity contribution is -0.141. The van der Waals surface area contributed by atoms with Crippen LogP contribution in [-0.2, 0) is 14.4 Å². The average molecular weight is 353 g/mol. The van der Waals surface area contributed by atoms with Gasteiger partial charge in [-0.25, -0.2) is 0 Å². The van der Waals surface area contributed by atoms with Crippen molar-refractivity contribution in [1.29, 1.82) is 0 Å². The lowest BCUT2D eigenvalue weighted by Gasteiger charge is -2.42. The highest BCUT2D eigenvalue weighted by molar-refractivity contribution is 6.04. The van der Waals surface area contributed by atoms with Crippen LogP contribution in [0.1, 0.15) is 85.5 Å². The normalized spacial score (nSPS) is 19.5. The first-order valence-electron chi connectivity index (χ1n) is 9.96. The van der Waals surface area contributed by atoms with Gasteiger partial charge in [-0.05, 0) is 37.0 Å². The van der Waals surface area contributed by atoms with Gasteiger partial charge in [0.2, 0.25) is 17.7 Å². The number of hydrogen-bond acceptors (Lipinski definition) is 3. The molecule has 1 fully saturated rings. The van der Waals surface area contributed by atoms with Crippen LogP contribution in [0, 0.1) is 17.3 Å². The summed E-state index contributed by atoms with van der Waals surface area (Å²) < 4.78 is 0. The molecule has 5 nitrogen and oxygen atoms in total. The molecular formula is C20H36N2O3. The first-order valence-corrected chi connectivity index (χ1v) is 9.96. The molecule has 0 radical (unpaired) electrons. The molecule has 5 heteroatoms. The highest BCUT2D eigenvalue weighted by atomic mass is 16.2. The molecule has 144 valence electrons. The van der Waals surface area contributed by atoms with Gasteiger partial charge in [-0.15, -0.1) is 0 Å². The second-order valence-electron chi connectivity index (χ2n) is 7.55. The number of likely N-dealkylation sites (tertiary alicyclic amines) is 1. The first kappa shape index (κ1) is 21.7. The number of nitrogens with zero attached hydrogens (tertiary/aromatic N) is 1. The Bertz CT molecular complexity index is 472. The predicted molar refractivity (Wildman–Crippen MR) is 99.6 cm³/mol. The summed E-state index contributed by atoms with van der Waals surface area (Å²) in [6.45, 7) is 9.19. The molecule has 2 atom stereocenters. The Kier molecular flexibility index (Phi) is 8.60. The van der Waals surface area contributed by atoms with Gasteiger partial charge in [0, 0.05) is 19.4 Å². The summed E-state index contributed by atoms with van der Waals surface area (Å²) in [5.74, 6) is -0.0488. The first-order chi connectivity index (χ1) is 11.8. The molecule has 3 amide bonds. The number of imide groups is 1. The molecule has 0 aromatic rings. The van der Waals surface area contributed by atoms with E-state index in [1.54, 1.807) is 0 Å². The van der Waals surface area contributed by atoms with Crippen LogP contribution in [0.4, 0.5) is 0 Å². The van der Waals surface area contributed by atoms with Crippen LogP contribution in [0.3, 0.4) is 0 Å². The van der Waals surface area contributed by atoms with E-state index in [0.29, 0.717) is 25.3 Å². The number of amides is 3. The zero-order valence-electron chi connectivity index (χ0n) is 16.5. The number of nitrogens with two attached hydrogens (primary N) is 1.